The van der Waals surface area contributed by atoms with E-state index in [0.29, 0.717) is 11.4 Å². The Labute approximate surface area is 191 Å². The van der Waals surface area contributed by atoms with Crippen molar-refractivity contribution in [3.8, 4) is 16.9 Å². The van der Waals surface area contributed by atoms with Gasteiger partial charge in [0, 0.05) is 12.6 Å². The number of aliphatic carboxylic acids is 1. The fourth-order valence-corrected chi connectivity index (χ4v) is 3.98. The summed E-state index contributed by atoms with van der Waals surface area (Å²) in [5, 5.41) is 12.3. The van der Waals surface area contributed by atoms with Crippen molar-refractivity contribution in [1.29, 1.82) is 0 Å². The molecule has 3 aromatic carbocycles. The molecule has 3 aromatic rings. The average Bonchev–Trinajstić information content (AvgIpc) is 2.81. The first-order valence-electron chi connectivity index (χ1n) is 10.6. The zero-order chi connectivity index (χ0) is 23.5. The summed E-state index contributed by atoms with van der Waals surface area (Å²) in [4.78, 5) is 37.1. The van der Waals surface area contributed by atoms with Crippen LogP contribution in [0.15, 0.2) is 78.9 Å². The van der Waals surface area contributed by atoms with Crippen LogP contribution >= 0.6 is 0 Å². The third-order valence-corrected chi connectivity index (χ3v) is 5.63. The molecule has 1 saturated heterocycles. The predicted molar refractivity (Wildman–Crippen MR) is 124 cm³/mol. The Morgan fingerprint density at radius 2 is 1.67 bits per heavy atom. The number of carboxylic acids is 1. The molecular weight excluding hydrogens is 420 g/mol. The number of benzene rings is 3. The number of amides is 2. The molecule has 2 amide bonds. The van der Waals surface area contributed by atoms with Crippen LogP contribution in [-0.2, 0) is 14.4 Å². The zero-order valence-electron chi connectivity index (χ0n) is 18.3. The van der Waals surface area contributed by atoms with Crippen LogP contribution in [0, 0.1) is 0 Å². The number of likely N-dealkylation sites (tertiary alicyclic amines) is 1. The molecule has 1 aliphatic rings. The van der Waals surface area contributed by atoms with Gasteiger partial charge < -0.3 is 20.1 Å². The lowest BCUT2D eigenvalue weighted by Crippen LogP contribution is -2.65. The molecule has 0 radical (unpaired) electrons. The van der Waals surface area contributed by atoms with Gasteiger partial charge in [0.15, 0.2) is 0 Å². The van der Waals surface area contributed by atoms with Gasteiger partial charge in [0.2, 0.25) is 12.0 Å². The van der Waals surface area contributed by atoms with Gasteiger partial charge in [-0.1, -0.05) is 54.6 Å². The van der Waals surface area contributed by atoms with Gasteiger partial charge in [-0.25, -0.2) is 4.79 Å². The van der Waals surface area contributed by atoms with Crippen molar-refractivity contribution in [2.24, 2.45) is 0 Å². The second-order valence-corrected chi connectivity index (χ2v) is 7.94. The summed E-state index contributed by atoms with van der Waals surface area (Å²) >= 11 is 0. The molecule has 1 heterocycles. The van der Waals surface area contributed by atoms with E-state index in [-0.39, 0.29) is 11.8 Å². The molecule has 3 atom stereocenters. The maximum Gasteiger partial charge on any atom is 0.326 e. The number of carbonyl (C=O) groups excluding carboxylic acids is 2. The highest BCUT2D eigenvalue weighted by Gasteiger charge is 2.53. The Bertz CT molecular complexity index is 1180. The van der Waals surface area contributed by atoms with Crippen LogP contribution < -0.4 is 10.1 Å². The molecule has 168 valence electrons. The number of anilines is 1. The number of nitrogens with zero attached hydrogens (tertiary/aromatic N) is 1. The molecule has 0 unspecified atom stereocenters. The number of rotatable bonds is 7. The normalized spacial score (nSPS) is 18.2. The minimum absolute atomic E-state index is 0.144. The molecule has 7 heteroatoms. The van der Waals surface area contributed by atoms with Crippen molar-refractivity contribution >= 4 is 23.5 Å². The smallest absolute Gasteiger partial charge is 0.326 e. The second-order valence-electron chi connectivity index (χ2n) is 7.94. The van der Waals surface area contributed by atoms with Crippen molar-refractivity contribution in [2.75, 3.05) is 5.32 Å². The fraction of sp³-hybridized carbons (Fsp3) is 0.192. The van der Waals surface area contributed by atoms with Crippen molar-refractivity contribution in [3.05, 3.63) is 84.4 Å². The Morgan fingerprint density at radius 3 is 2.30 bits per heavy atom. The van der Waals surface area contributed by atoms with E-state index >= 15 is 0 Å². The minimum atomic E-state index is -1.07. The van der Waals surface area contributed by atoms with Gasteiger partial charge in [0.25, 0.3) is 5.91 Å². The maximum absolute atomic E-state index is 12.8. The number of hydrogen-bond donors (Lipinski definition) is 2. The van der Waals surface area contributed by atoms with Crippen LogP contribution in [0.4, 0.5) is 5.69 Å². The first kappa shape index (κ1) is 22.1. The van der Waals surface area contributed by atoms with E-state index in [1.807, 2.05) is 66.7 Å². The molecule has 1 aliphatic heterocycles. The molecule has 2 N–H and O–H groups in total. The zero-order valence-corrected chi connectivity index (χ0v) is 18.3. The van der Waals surface area contributed by atoms with Gasteiger partial charge in [0.1, 0.15) is 17.8 Å². The van der Waals surface area contributed by atoms with Crippen LogP contribution in [0.5, 0.6) is 5.75 Å². The summed E-state index contributed by atoms with van der Waals surface area (Å²) in [6.07, 6.45) is -0.803. The Hall–Kier alpha value is -4.13. The van der Waals surface area contributed by atoms with Crippen LogP contribution in [0.1, 0.15) is 25.5 Å². The van der Waals surface area contributed by atoms with Gasteiger partial charge in [-0.2, -0.15) is 0 Å². The highest BCUT2D eigenvalue weighted by molar-refractivity contribution is 5.93. The van der Waals surface area contributed by atoms with Crippen molar-refractivity contribution < 1.29 is 24.2 Å². The third-order valence-electron chi connectivity index (χ3n) is 5.63. The highest BCUT2D eigenvalue weighted by atomic mass is 16.5. The standard InChI is InChI=1S/C26H24N2O5/c1-16(26(31)32)28-23(24(25(28)30)33-22-9-4-3-5-10-22)19-13-11-18(12-14-19)20-7-6-8-21(15-20)27-17(2)29/h3-16,23-24H,1-2H3,(H,27,29)(H,31,32)/t16-,23+,24-/m0/s1. The molecule has 1 fully saturated rings. The van der Waals surface area contributed by atoms with E-state index in [1.54, 1.807) is 12.1 Å². The highest BCUT2D eigenvalue weighted by Crippen LogP contribution is 2.40. The topological polar surface area (TPSA) is 95.9 Å². The molecule has 33 heavy (non-hydrogen) atoms. The second kappa shape index (κ2) is 9.16. The summed E-state index contributed by atoms with van der Waals surface area (Å²) < 4.78 is 5.93. The lowest BCUT2D eigenvalue weighted by molar-refractivity contribution is -0.175. The average molecular weight is 444 g/mol. The lowest BCUT2D eigenvalue weighted by Gasteiger charge is -2.48. The number of hydrogen-bond acceptors (Lipinski definition) is 4. The van der Waals surface area contributed by atoms with E-state index < -0.39 is 24.2 Å². The molecule has 7 nitrogen and oxygen atoms in total. The van der Waals surface area contributed by atoms with Crippen molar-refractivity contribution in [2.45, 2.75) is 32.0 Å². The molecule has 0 aliphatic carbocycles. The van der Waals surface area contributed by atoms with Gasteiger partial charge in [-0.05, 0) is 47.9 Å². The van der Waals surface area contributed by atoms with E-state index in [0.717, 1.165) is 16.7 Å². The summed E-state index contributed by atoms with van der Waals surface area (Å²) in [6, 6.07) is 22.6. The predicted octanol–water partition coefficient (Wildman–Crippen LogP) is 4.12. The molecule has 0 bridgehead atoms. The van der Waals surface area contributed by atoms with Crippen molar-refractivity contribution in [1.82, 2.24) is 4.90 Å². The fourth-order valence-electron chi connectivity index (χ4n) is 3.98. The van der Waals surface area contributed by atoms with E-state index in [9.17, 15) is 19.5 Å². The molecule has 4 rings (SSSR count). The first-order valence-corrected chi connectivity index (χ1v) is 10.6. The van der Waals surface area contributed by atoms with Gasteiger partial charge in [-0.3, -0.25) is 9.59 Å². The summed E-state index contributed by atoms with van der Waals surface area (Å²) in [6.45, 7) is 2.95. The molecule has 0 spiro atoms. The summed E-state index contributed by atoms with van der Waals surface area (Å²) in [5.41, 5.74) is 3.33. The first-order chi connectivity index (χ1) is 15.8. The van der Waals surface area contributed by atoms with Gasteiger partial charge >= 0.3 is 5.97 Å². The van der Waals surface area contributed by atoms with Crippen molar-refractivity contribution in [3.63, 3.8) is 0 Å². The van der Waals surface area contributed by atoms with E-state index in [1.165, 1.54) is 18.7 Å². The molecule has 0 saturated carbocycles. The Balaban J connectivity index is 1.62. The number of carboxylic acid groups (broad SMARTS) is 1. The Kier molecular flexibility index (Phi) is 6.13. The van der Waals surface area contributed by atoms with Crippen LogP contribution in [0.25, 0.3) is 11.1 Å². The number of para-hydroxylation sites is 1. The minimum Gasteiger partial charge on any atom is -0.480 e. The van der Waals surface area contributed by atoms with Crippen LogP contribution in [-0.4, -0.2) is 39.9 Å². The Morgan fingerprint density at radius 1 is 0.970 bits per heavy atom. The quantitative estimate of drug-likeness (QED) is 0.535. The van der Waals surface area contributed by atoms with Crippen LogP contribution in [0.3, 0.4) is 0 Å². The number of nitrogens with one attached hydrogen (secondary N) is 1. The SMILES string of the molecule is CC(=O)Nc1cccc(-c2ccc([C@@H]3[C@H](Oc4ccccc4)C(=O)N3[C@@H](C)C(=O)O)cc2)c1. The summed E-state index contributed by atoms with van der Waals surface area (Å²) in [7, 11) is 0. The molecular formula is C26H24N2O5. The van der Waals surface area contributed by atoms with Gasteiger partial charge in [0.05, 0.1) is 0 Å². The van der Waals surface area contributed by atoms with E-state index in [2.05, 4.69) is 5.32 Å². The molecule has 0 aromatic heterocycles. The largest absolute Gasteiger partial charge is 0.480 e. The van der Waals surface area contributed by atoms with Crippen LogP contribution in [0.2, 0.25) is 0 Å². The number of β-lactam (4-membered cyclic amide) rings is 1. The van der Waals surface area contributed by atoms with Gasteiger partial charge in [-0.15, -0.1) is 0 Å². The maximum atomic E-state index is 12.8. The number of ether oxygens (including phenoxy) is 1. The number of carbonyl (C=O) groups is 3. The third kappa shape index (κ3) is 4.57. The monoisotopic (exact) mass is 444 g/mol. The van der Waals surface area contributed by atoms with E-state index in [4.69, 9.17) is 4.74 Å². The summed E-state index contributed by atoms with van der Waals surface area (Å²) in [5.74, 6) is -1.02. The lowest BCUT2D eigenvalue weighted by atomic mass is 9.87.